The van der Waals surface area contributed by atoms with Crippen molar-refractivity contribution in [1.82, 2.24) is 0 Å². The normalized spacial score (nSPS) is 11.9. The molecule has 0 heterocycles. The highest BCUT2D eigenvalue weighted by Crippen LogP contribution is 2.26. The maximum atomic E-state index is 10.7. The molecule has 0 fully saturated rings. The van der Waals surface area contributed by atoms with Crippen LogP contribution in [0.4, 0.5) is 0 Å². The first kappa shape index (κ1) is 15.7. The molecule has 0 aliphatic heterocycles. The third-order valence-electron chi connectivity index (χ3n) is 3.19. The lowest BCUT2D eigenvalue weighted by Gasteiger charge is -2.22. The van der Waals surface area contributed by atoms with Gasteiger partial charge in [-0.05, 0) is 40.9 Å². The molecule has 1 N–H and O–H groups in total. The predicted molar refractivity (Wildman–Crippen MR) is 79.6 cm³/mol. The van der Waals surface area contributed by atoms with E-state index in [2.05, 4.69) is 52.8 Å². The number of rotatable bonds is 5. The van der Waals surface area contributed by atoms with Crippen molar-refractivity contribution in [2.24, 2.45) is 5.92 Å². The number of aryl methyl sites for hydroxylation is 1. The van der Waals surface area contributed by atoms with E-state index in [1.54, 1.807) is 0 Å². The fraction of sp³-hybridized carbons (Fsp3) is 0.588. The molecule has 0 aromatic heterocycles. The molecule has 0 aliphatic rings. The van der Waals surface area contributed by atoms with Gasteiger partial charge >= 0.3 is 5.97 Å². The highest BCUT2D eigenvalue weighted by Gasteiger charge is 2.16. The van der Waals surface area contributed by atoms with Crippen molar-refractivity contribution in [1.29, 1.82) is 0 Å². The number of hydrogen-bond donors (Lipinski definition) is 1. The first-order valence-electron chi connectivity index (χ1n) is 7.03. The largest absolute Gasteiger partial charge is 0.481 e. The predicted octanol–water partition coefficient (Wildman–Crippen LogP) is 4.20. The van der Waals surface area contributed by atoms with Crippen molar-refractivity contribution in [2.45, 2.75) is 59.3 Å². The molecule has 0 unspecified atom stereocenters. The number of carbonyl (C=O) groups is 1. The van der Waals surface area contributed by atoms with Gasteiger partial charge in [-0.15, -0.1) is 0 Å². The van der Waals surface area contributed by atoms with Gasteiger partial charge in [-0.3, -0.25) is 4.79 Å². The van der Waals surface area contributed by atoms with Crippen LogP contribution >= 0.6 is 0 Å². The van der Waals surface area contributed by atoms with E-state index >= 15 is 0 Å². The quantitative estimate of drug-likeness (QED) is 0.863. The maximum Gasteiger partial charge on any atom is 0.303 e. The third-order valence-corrected chi connectivity index (χ3v) is 3.19. The minimum atomic E-state index is -0.730. The molecule has 1 aromatic carbocycles. The maximum absolute atomic E-state index is 10.7. The van der Waals surface area contributed by atoms with Crippen LogP contribution in [0.2, 0.25) is 0 Å². The van der Waals surface area contributed by atoms with E-state index < -0.39 is 5.97 Å². The second-order valence-electron chi connectivity index (χ2n) is 6.78. The average Bonchev–Trinajstić information content (AvgIpc) is 2.24. The third kappa shape index (κ3) is 5.46. The molecule has 0 atom stereocenters. The lowest BCUT2D eigenvalue weighted by molar-refractivity contribution is -0.136. The average molecular weight is 262 g/mol. The Labute approximate surface area is 116 Å². The monoisotopic (exact) mass is 262 g/mol. The van der Waals surface area contributed by atoms with Gasteiger partial charge in [0.15, 0.2) is 0 Å². The first-order valence-corrected chi connectivity index (χ1v) is 7.03. The molecule has 0 amide bonds. The van der Waals surface area contributed by atoms with E-state index in [1.165, 1.54) is 11.1 Å². The summed E-state index contributed by atoms with van der Waals surface area (Å²) >= 11 is 0. The lowest BCUT2D eigenvalue weighted by Crippen LogP contribution is -2.13. The Morgan fingerprint density at radius 3 is 2.21 bits per heavy atom. The van der Waals surface area contributed by atoms with Crippen LogP contribution < -0.4 is 0 Å². The fourth-order valence-corrected chi connectivity index (χ4v) is 2.18. The number of aliphatic carboxylic acids is 1. The number of carboxylic acids is 1. The Morgan fingerprint density at radius 1 is 1.16 bits per heavy atom. The summed E-state index contributed by atoms with van der Waals surface area (Å²) in [6.45, 7) is 11.0. The van der Waals surface area contributed by atoms with Crippen molar-refractivity contribution in [3.8, 4) is 0 Å². The Kier molecular flexibility index (Phi) is 5.16. The SMILES string of the molecule is CC(C)Cc1cc(CCC(=O)O)cc(C(C)(C)C)c1. The summed E-state index contributed by atoms with van der Waals surface area (Å²) < 4.78 is 0. The Balaban J connectivity index is 3.05. The minimum Gasteiger partial charge on any atom is -0.481 e. The Morgan fingerprint density at radius 2 is 1.74 bits per heavy atom. The number of benzene rings is 1. The summed E-state index contributed by atoms with van der Waals surface area (Å²) in [6, 6.07) is 6.59. The summed E-state index contributed by atoms with van der Waals surface area (Å²) in [7, 11) is 0. The summed E-state index contributed by atoms with van der Waals surface area (Å²) in [6.07, 6.45) is 1.86. The van der Waals surface area contributed by atoms with Gasteiger partial charge in [0.05, 0.1) is 0 Å². The molecule has 19 heavy (non-hydrogen) atoms. The molecular formula is C17H26O2. The molecular weight excluding hydrogens is 236 g/mol. The van der Waals surface area contributed by atoms with Crippen LogP contribution in [0.5, 0.6) is 0 Å². The van der Waals surface area contributed by atoms with Crippen molar-refractivity contribution in [3.05, 3.63) is 34.9 Å². The zero-order valence-corrected chi connectivity index (χ0v) is 12.8. The highest BCUT2D eigenvalue weighted by atomic mass is 16.4. The van der Waals surface area contributed by atoms with Crippen LogP contribution in [0.3, 0.4) is 0 Å². The zero-order chi connectivity index (χ0) is 14.6. The summed E-state index contributed by atoms with van der Waals surface area (Å²) in [4.78, 5) is 10.7. The van der Waals surface area contributed by atoms with Crippen LogP contribution in [0.1, 0.15) is 57.7 Å². The molecule has 0 radical (unpaired) electrons. The molecule has 2 heteroatoms. The number of carboxylic acid groups (broad SMARTS) is 1. The van der Waals surface area contributed by atoms with E-state index in [4.69, 9.17) is 5.11 Å². The lowest BCUT2D eigenvalue weighted by atomic mass is 9.83. The van der Waals surface area contributed by atoms with Gasteiger partial charge in [-0.25, -0.2) is 0 Å². The smallest absolute Gasteiger partial charge is 0.303 e. The van der Waals surface area contributed by atoms with Crippen LogP contribution in [0, 0.1) is 5.92 Å². The van der Waals surface area contributed by atoms with Crippen molar-refractivity contribution in [3.63, 3.8) is 0 Å². The van der Waals surface area contributed by atoms with Gasteiger partial charge in [0.2, 0.25) is 0 Å². The topological polar surface area (TPSA) is 37.3 Å². The van der Waals surface area contributed by atoms with E-state index in [9.17, 15) is 4.79 Å². The fourth-order valence-electron chi connectivity index (χ4n) is 2.18. The van der Waals surface area contributed by atoms with Gasteiger partial charge in [0.1, 0.15) is 0 Å². The molecule has 1 rings (SSSR count). The van der Waals surface area contributed by atoms with Crippen LogP contribution in [-0.2, 0) is 23.1 Å². The Bertz CT molecular complexity index is 439. The van der Waals surface area contributed by atoms with Crippen molar-refractivity contribution in [2.75, 3.05) is 0 Å². The molecule has 1 aromatic rings. The molecule has 2 nitrogen and oxygen atoms in total. The van der Waals surface area contributed by atoms with Crippen LogP contribution in [-0.4, -0.2) is 11.1 Å². The second kappa shape index (κ2) is 6.23. The minimum absolute atomic E-state index is 0.102. The molecule has 0 bridgehead atoms. The van der Waals surface area contributed by atoms with E-state index in [0.717, 1.165) is 12.0 Å². The zero-order valence-electron chi connectivity index (χ0n) is 12.8. The molecule has 0 saturated carbocycles. The standard InChI is InChI=1S/C17H26O2/c1-12(2)8-14-9-13(6-7-16(18)19)10-15(11-14)17(3,4)5/h9-12H,6-8H2,1-5H3,(H,18,19). The van der Waals surface area contributed by atoms with Gasteiger partial charge in [0, 0.05) is 6.42 Å². The summed E-state index contributed by atoms with van der Waals surface area (Å²) in [5, 5.41) is 8.82. The van der Waals surface area contributed by atoms with E-state index in [-0.39, 0.29) is 11.8 Å². The Hall–Kier alpha value is -1.31. The van der Waals surface area contributed by atoms with E-state index in [0.29, 0.717) is 12.3 Å². The molecule has 0 spiro atoms. The van der Waals surface area contributed by atoms with Crippen LogP contribution in [0.15, 0.2) is 18.2 Å². The van der Waals surface area contributed by atoms with Gasteiger partial charge in [-0.1, -0.05) is 52.8 Å². The molecule has 0 saturated heterocycles. The van der Waals surface area contributed by atoms with Crippen molar-refractivity contribution >= 4 is 5.97 Å². The first-order chi connectivity index (χ1) is 8.68. The van der Waals surface area contributed by atoms with Gasteiger partial charge < -0.3 is 5.11 Å². The van der Waals surface area contributed by atoms with Gasteiger partial charge in [0.25, 0.3) is 0 Å². The summed E-state index contributed by atoms with van der Waals surface area (Å²) in [5.41, 5.74) is 3.87. The van der Waals surface area contributed by atoms with Crippen molar-refractivity contribution < 1.29 is 9.90 Å². The molecule has 0 aliphatic carbocycles. The van der Waals surface area contributed by atoms with Crippen LogP contribution in [0.25, 0.3) is 0 Å². The second-order valence-corrected chi connectivity index (χ2v) is 6.78. The van der Waals surface area contributed by atoms with Gasteiger partial charge in [-0.2, -0.15) is 0 Å². The number of hydrogen-bond acceptors (Lipinski definition) is 1. The van der Waals surface area contributed by atoms with E-state index in [1.807, 2.05) is 0 Å². The summed E-state index contributed by atoms with van der Waals surface area (Å²) in [5.74, 6) is -0.117. The molecule has 106 valence electrons. The highest BCUT2D eigenvalue weighted by molar-refractivity contribution is 5.67.